The molecule has 1 aromatic rings. The van der Waals surface area contributed by atoms with Crippen LogP contribution in [0, 0.1) is 6.92 Å². The number of halogens is 1. The van der Waals surface area contributed by atoms with Crippen molar-refractivity contribution in [2.24, 2.45) is 0 Å². The van der Waals surface area contributed by atoms with Crippen molar-refractivity contribution >= 4 is 17.4 Å². The van der Waals surface area contributed by atoms with Crippen molar-refractivity contribution in [3.05, 3.63) is 28.3 Å². The number of ether oxygens (including phenoxy) is 1. The Hall–Kier alpha value is -1.10. The van der Waals surface area contributed by atoms with Crippen molar-refractivity contribution in [2.45, 2.75) is 39.8 Å². The smallest absolute Gasteiger partial charge is 0.183 e. The zero-order chi connectivity index (χ0) is 16.3. The van der Waals surface area contributed by atoms with Gasteiger partial charge >= 0.3 is 0 Å². The second-order valence-corrected chi connectivity index (χ2v) is 6.50. The lowest BCUT2D eigenvalue weighted by Gasteiger charge is -2.32. The van der Waals surface area contributed by atoms with Crippen molar-refractivity contribution in [2.75, 3.05) is 26.2 Å². The first-order valence-electron chi connectivity index (χ1n) is 7.86. The van der Waals surface area contributed by atoms with E-state index in [1.54, 1.807) is 6.07 Å². The highest BCUT2D eigenvalue weighted by Gasteiger charge is 2.26. The average Bonchev–Trinajstić information content (AvgIpc) is 2.49. The van der Waals surface area contributed by atoms with Gasteiger partial charge < -0.3 is 10.1 Å². The highest BCUT2D eigenvalue weighted by Crippen LogP contribution is 2.29. The summed E-state index contributed by atoms with van der Waals surface area (Å²) in [5.74, 6) is 0.698. The summed E-state index contributed by atoms with van der Waals surface area (Å²) in [4.78, 5) is 15.1. The maximum atomic E-state index is 12.9. The molecular formula is C17H25ClN2O2. The third-order valence-corrected chi connectivity index (χ3v) is 4.37. The van der Waals surface area contributed by atoms with Gasteiger partial charge in [-0.1, -0.05) is 11.6 Å². The summed E-state index contributed by atoms with van der Waals surface area (Å²) in [7, 11) is 0. The number of rotatable bonds is 5. The van der Waals surface area contributed by atoms with Crippen molar-refractivity contribution in [1.82, 2.24) is 10.2 Å². The summed E-state index contributed by atoms with van der Waals surface area (Å²) < 4.78 is 5.83. The van der Waals surface area contributed by atoms with Crippen LogP contribution >= 0.6 is 11.6 Å². The molecule has 1 atom stereocenters. The minimum absolute atomic E-state index is 0.0154. The molecule has 22 heavy (non-hydrogen) atoms. The van der Waals surface area contributed by atoms with Crippen LogP contribution in [-0.4, -0.2) is 49.0 Å². The van der Waals surface area contributed by atoms with Crippen LogP contribution in [0.25, 0.3) is 0 Å². The van der Waals surface area contributed by atoms with E-state index in [1.165, 1.54) is 0 Å². The number of piperazine rings is 1. The number of Topliss-reactive ketones (excluding diaryl/α,β-unsaturated/α-hetero) is 1. The van der Waals surface area contributed by atoms with Gasteiger partial charge in [-0.3, -0.25) is 9.69 Å². The lowest BCUT2D eigenvalue weighted by atomic mass is 10.0. The Labute approximate surface area is 137 Å². The number of hydrogen-bond acceptors (Lipinski definition) is 4. The Morgan fingerprint density at radius 3 is 2.50 bits per heavy atom. The van der Waals surface area contributed by atoms with Gasteiger partial charge in [0.1, 0.15) is 5.75 Å². The van der Waals surface area contributed by atoms with Crippen LogP contribution < -0.4 is 10.1 Å². The molecule has 2 rings (SSSR count). The summed E-state index contributed by atoms with van der Waals surface area (Å²) in [5.41, 5.74) is 1.50. The summed E-state index contributed by atoms with van der Waals surface area (Å²) in [6.07, 6.45) is 0.0154. The van der Waals surface area contributed by atoms with E-state index < -0.39 is 0 Å². The molecule has 4 nitrogen and oxygen atoms in total. The number of benzene rings is 1. The van der Waals surface area contributed by atoms with Crippen molar-refractivity contribution in [3.8, 4) is 5.75 Å². The molecule has 122 valence electrons. The molecule has 1 unspecified atom stereocenters. The molecule has 1 saturated heterocycles. The summed E-state index contributed by atoms with van der Waals surface area (Å²) in [6, 6.07) is 3.44. The monoisotopic (exact) mass is 324 g/mol. The lowest BCUT2D eigenvalue weighted by molar-refractivity contribution is 0.0814. The van der Waals surface area contributed by atoms with Crippen molar-refractivity contribution in [1.29, 1.82) is 0 Å². The standard InChI is InChI=1S/C17H25ClN2O2/c1-11(2)22-16-9-12(3)15(18)10-14(16)17(21)13(4)20-7-5-19-6-8-20/h9-11,13,19H,5-8H2,1-4H3. The maximum absolute atomic E-state index is 12.9. The van der Waals surface area contributed by atoms with E-state index in [2.05, 4.69) is 10.2 Å². The normalized spacial score (nSPS) is 17.5. The van der Waals surface area contributed by atoms with Crippen LogP contribution in [0.3, 0.4) is 0 Å². The maximum Gasteiger partial charge on any atom is 0.183 e. The van der Waals surface area contributed by atoms with Crippen LogP contribution in [0.4, 0.5) is 0 Å². The second-order valence-electron chi connectivity index (χ2n) is 6.09. The van der Waals surface area contributed by atoms with Crippen LogP contribution in [-0.2, 0) is 0 Å². The third kappa shape index (κ3) is 4.00. The molecule has 0 aromatic heterocycles. The van der Waals surface area contributed by atoms with E-state index in [1.807, 2.05) is 33.8 Å². The first kappa shape index (κ1) is 17.3. The fourth-order valence-electron chi connectivity index (χ4n) is 2.66. The van der Waals surface area contributed by atoms with E-state index >= 15 is 0 Å². The van der Waals surface area contributed by atoms with Crippen LogP contribution in [0.15, 0.2) is 12.1 Å². The number of ketones is 1. The molecule has 1 aliphatic rings. The first-order valence-corrected chi connectivity index (χ1v) is 8.23. The molecule has 0 saturated carbocycles. The molecule has 1 fully saturated rings. The predicted octanol–water partition coefficient (Wildman–Crippen LogP) is 2.91. The number of hydrogen-bond donors (Lipinski definition) is 1. The highest BCUT2D eigenvalue weighted by molar-refractivity contribution is 6.31. The van der Waals surface area contributed by atoms with Gasteiger partial charge in [0.05, 0.1) is 17.7 Å². The molecule has 0 spiro atoms. The molecule has 0 bridgehead atoms. The molecular weight excluding hydrogens is 300 g/mol. The molecule has 1 heterocycles. The summed E-state index contributed by atoms with van der Waals surface area (Å²) in [6.45, 7) is 11.4. The first-order chi connectivity index (χ1) is 10.4. The average molecular weight is 325 g/mol. The Morgan fingerprint density at radius 2 is 1.91 bits per heavy atom. The fourth-order valence-corrected chi connectivity index (χ4v) is 2.82. The zero-order valence-electron chi connectivity index (χ0n) is 13.8. The quantitative estimate of drug-likeness (QED) is 0.846. The Balaban J connectivity index is 2.28. The molecule has 1 aliphatic heterocycles. The van der Waals surface area contributed by atoms with Gasteiger partial charge in [0, 0.05) is 31.2 Å². The Bertz CT molecular complexity index is 540. The summed E-state index contributed by atoms with van der Waals surface area (Å²) in [5, 5.41) is 3.91. The number of nitrogens with one attached hydrogen (secondary N) is 1. The van der Waals surface area contributed by atoms with Crippen LogP contribution in [0.5, 0.6) is 5.75 Å². The minimum Gasteiger partial charge on any atom is -0.490 e. The molecule has 0 radical (unpaired) electrons. The molecule has 1 aromatic carbocycles. The number of carbonyl (C=O) groups excluding carboxylic acids is 1. The zero-order valence-corrected chi connectivity index (χ0v) is 14.5. The van der Waals surface area contributed by atoms with Gasteiger partial charge in [0.25, 0.3) is 0 Å². The van der Waals surface area contributed by atoms with Crippen molar-refractivity contribution < 1.29 is 9.53 Å². The number of nitrogens with zero attached hydrogens (tertiary/aromatic N) is 1. The third-order valence-electron chi connectivity index (χ3n) is 3.97. The van der Waals surface area contributed by atoms with Crippen LogP contribution in [0.2, 0.25) is 5.02 Å². The second kappa shape index (κ2) is 7.44. The van der Waals surface area contributed by atoms with Gasteiger partial charge in [-0.05, 0) is 45.4 Å². The fraction of sp³-hybridized carbons (Fsp3) is 0.588. The Morgan fingerprint density at radius 1 is 1.27 bits per heavy atom. The van der Waals surface area contributed by atoms with E-state index in [0.717, 1.165) is 31.7 Å². The van der Waals surface area contributed by atoms with Gasteiger partial charge in [-0.15, -0.1) is 0 Å². The molecule has 1 N–H and O–H groups in total. The number of aryl methyl sites for hydroxylation is 1. The van der Waals surface area contributed by atoms with Gasteiger partial charge in [0.2, 0.25) is 0 Å². The van der Waals surface area contributed by atoms with E-state index in [-0.39, 0.29) is 17.9 Å². The van der Waals surface area contributed by atoms with Crippen molar-refractivity contribution in [3.63, 3.8) is 0 Å². The highest BCUT2D eigenvalue weighted by atomic mass is 35.5. The van der Waals surface area contributed by atoms with E-state index in [4.69, 9.17) is 16.3 Å². The van der Waals surface area contributed by atoms with Crippen LogP contribution in [0.1, 0.15) is 36.7 Å². The minimum atomic E-state index is -0.171. The Kier molecular flexibility index (Phi) is 5.84. The molecule has 0 amide bonds. The topological polar surface area (TPSA) is 41.6 Å². The van der Waals surface area contributed by atoms with Gasteiger partial charge in [0.15, 0.2) is 5.78 Å². The SMILES string of the molecule is Cc1cc(OC(C)C)c(C(=O)C(C)N2CCNCC2)cc1Cl. The largest absolute Gasteiger partial charge is 0.490 e. The van der Waals surface area contributed by atoms with Gasteiger partial charge in [-0.25, -0.2) is 0 Å². The lowest BCUT2D eigenvalue weighted by Crippen LogP contribution is -2.50. The molecule has 5 heteroatoms. The predicted molar refractivity (Wildman–Crippen MR) is 90.2 cm³/mol. The van der Waals surface area contributed by atoms with E-state index in [0.29, 0.717) is 16.3 Å². The molecule has 0 aliphatic carbocycles. The van der Waals surface area contributed by atoms with Gasteiger partial charge in [-0.2, -0.15) is 0 Å². The summed E-state index contributed by atoms with van der Waals surface area (Å²) >= 11 is 6.23. The number of carbonyl (C=O) groups is 1. The van der Waals surface area contributed by atoms with E-state index in [9.17, 15) is 4.79 Å².